The molecule has 23 heavy (non-hydrogen) atoms. The maximum Gasteiger partial charge on any atom is 0.411 e. The third-order valence-corrected chi connectivity index (χ3v) is 3.63. The quantitative estimate of drug-likeness (QED) is 0.905. The van der Waals surface area contributed by atoms with Gasteiger partial charge in [0.1, 0.15) is 0 Å². The van der Waals surface area contributed by atoms with Crippen LogP contribution in [0.5, 0.6) is 0 Å². The highest BCUT2D eigenvalue weighted by atomic mass is 16.4. The van der Waals surface area contributed by atoms with E-state index >= 15 is 0 Å². The molecule has 0 aliphatic rings. The number of carbonyl (C=O) groups is 2. The van der Waals surface area contributed by atoms with Gasteiger partial charge in [-0.1, -0.05) is 24.3 Å². The van der Waals surface area contributed by atoms with E-state index < -0.39 is 12.2 Å². The zero-order chi connectivity index (χ0) is 17.0. The Hall–Kier alpha value is -3.02. The van der Waals surface area contributed by atoms with Crippen molar-refractivity contribution in [2.75, 3.05) is 23.9 Å². The minimum atomic E-state index is -1.00. The van der Waals surface area contributed by atoms with Gasteiger partial charge in [-0.25, -0.2) is 9.59 Å². The Morgan fingerprint density at radius 1 is 0.739 bits per heavy atom. The highest BCUT2D eigenvalue weighted by molar-refractivity contribution is 5.85. The molecule has 0 unspecified atom stereocenters. The molecule has 0 heterocycles. The van der Waals surface area contributed by atoms with Crippen molar-refractivity contribution in [2.45, 2.75) is 6.42 Å². The van der Waals surface area contributed by atoms with Gasteiger partial charge in [-0.05, 0) is 41.8 Å². The first-order valence-electron chi connectivity index (χ1n) is 6.99. The number of anilines is 2. The van der Waals surface area contributed by atoms with Crippen LogP contribution in [0, 0.1) is 0 Å². The average Bonchev–Trinajstić information content (AvgIpc) is 2.54. The highest BCUT2D eigenvalue weighted by Gasteiger charge is 2.09. The Balaban J connectivity index is 2.07. The van der Waals surface area contributed by atoms with Gasteiger partial charge in [-0.3, -0.25) is 9.80 Å². The second kappa shape index (κ2) is 6.83. The number of nitrogens with zero attached hydrogens (tertiary/aromatic N) is 2. The molecule has 2 aromatic rings. The normalized spacial score (nSPS) is 10.2. The lowest BCUT2D eigenvalue weighted by Gasteiger charge is -2.14. The molecular weight excluding hydrogens is 296 g/mol. The van der Waals surface area contributed by atoms with Gasteiger partial charge in [0.05, 0.1) is 0 Å². The molecule has 0 saturated heterocycles. The van der Waals surface area contributed by atoms with E-state index in [4.69, 9.17) is 10.2 Å². The summed E-state index contributed by atoms with van der Waals surface area (Å²) in [5.74, 6) is 0. The summed E-state index contributed by atoms with van der Waals surface area (Å²) in [6.45, 7) is 0. The van der Waals surface area contributed by atoms with Crippen molar-refractivity contribution in [3.05, 3.63) is 59.7 Å². The predicted molar refractivity (Wildman–Crippen MR) is 88.5 cm³/mol. The maximum absolute atomic E-state index is 10.9. The first-order valence-corrected chi connectivity index (χ1v) is 6.99. The van der Waals surface area contributed by atoms with Crippen LogP contribution in [0.15, 0.2) is 48.5 Å². The van der Waals surface area contributed by atoms with Crippen LogP contribution in [-0.4, -0.2) is 36.5 Å². The summed E-state index contributed by atoms with van der Waals surface area (Å²) in [6, 6.07) is 14.6. The van der Waals surface area contributed by atoms with E-state index in [0.717, 1.165) is 20.9 Å². The Kier molecular flexibility index (Phi) is 4.85. The molecule has 6 nitrogen and oxygen atoms in total. The lowest BCUT2D eigenvalue weighted by molar-refractivity contribution is 0.202. The van der Waals surface area contributed by atoms with Crippen molar-refractivity contribution in [3.63, 3.8) is 0 Å². The topological polar surface area (TPSA) is 81.1 Å². The molecule has 2 amide bonds. The fourth-order valence-corrected chi connectivity index (χ4v) is 2.13. The minimum Gasteiger partial charge on any atom is -0.465 e. The molecule has 120 valence electrons. The van der Waals surface area contributed by atoms with Crippen LogP contribution in [-0.2, 0) is 6.42 Å². The van der Waals surface area contributed by atoms with E-state index in [2.05, 4.69) is 0 Å². The van der Waals surface area contributed by atoms with Gasteiger partial charge in [-0.15, -0.1) is 0 Å². The summed E-state index contributed by atoms with van der Waals surface area (Å²) in [7, 11) is 2.99. The van der Waals surface area contributed by atoms with Crippen LogP contribution in [0.3, 0.4) is 0 Å². The smallest absolute Gasteiger partial charge is 0.411 e. The number of carboxylic acid groups (broad SMARTS) is 2. The number of hydrogen-bond acceptors (Lipinski definition) is 2. The first kappa shape index (κ1) is 16.4. The van der Waals surface area contributed by atoms with Crippen molar-refractivity contribution < 1.29 is 19.8 Å². The molecule has 0 fully saturated rings. The maximum atomic E-state index is 10.9. The Morgan fingerprint density at radius 3 is 1.30 bits per heavy atom. The Labute approximate surface area is 134 Å². The second-order valence-corrected chi connectivity index (χ2v) is 5.19. The average molecular weight is 314 g/mol. The van der Waals surface area contributed by atoms with Crippen molar-refractivity contribution in [1.29, 1.82) is 0 Å². The molecule has 0 aromatic heterocycles. The fraction of sp³-hybridized carbons (Fsp3) is 0.176. The van der Waals surface area contributed by atoms with Gasteiger partial charge >= 0.3 is 12.2 Å². The Morgan fingerprint density at radius 2 is 1.04 bits per heavy atom. The molecule has 0 atom stereocenters. The summed E-state index contributed by atoms with van der Waals surface area (Å²) in [6.07, 6.45) is -1.32. The number of hydrogen-bond donors (Lipinski definition) is 2. The Bertz CT molecular complexity index is 634. The monoisotopic (exact) mass is 314 g/mol. The van der Waals surface area contributed by atoms with Gasteiger partial charge in [-0.2, -0.15) is 0 Å². The van der Waals surface area contributed by atoms with Gasteiger partial charge in [0.25, 0.3) is 0 Å². The van der Waals surface area contributed by atoms with E-state index in [9.17, 15) is 9.59 Å². The molecule has 0 aliphatic heterocycles. The van der Waals surface area contributed by atoms with Crippen LogP contribution >= 0.6 is 0 Å². The van der Waals surface area contributed by atoms with E-state index in [-0.39, 0.29) is 0 Å². The minimum absolute atomic E-state index is 0.611. The van der Waals surface area contributed by atoms with Gasteiger partial charge < -0.3 is 10.2 Å². The first-order chi connectivity index (χ1) is 10.9. The fourth-order valence-electron chi connectivity index (χ4n) is 2.13. The van der Waals surface area contributed by atoms with Crippen molar-refractivity contribution in [2.24, 2.45) is 0 Å². The van der Waals surface area contributed by atoms with E-state index in [1.54, 1.807) is 24.3 Å². The third-order valence-electron chi connectivity index (χ3n) is 3.63. The third kappa shape index (κ3) is 4.00. The van der Waals surface area contributed by atoms with Crippen LogP contribution in [0.4, 0.5) is 21.0 Å². The number of benzene rings is 2. The molecular formula is C17H18N2O4. The second-order valence-electron chi connectivity index (χ2n) is 5.19. The van der Waals surface area contributed by atoms with E-state index in [0.29, 0.717) is 17.8 Å². The zero-order valence-electron chi connectivity index (χ0n) is 12.9. The highest BCUT2D eigenvalue weighted by Crippen LogP contribution is 2.19. The summed E-state index contributed by atoms with van der Waals surface area (Å²) in [5.41, 5.74) is 3.32. The molecule has 0 bridgehead atoms. The zero-order valence-corrected chi connectivity index (χ0v) is 12.9. The summed E-state index contributed by atoms with van der Waals surface area (Å²) in [5, 5.41) is 17.9. The lowest BCUT2D eigenvalue weighted by Crippen LogP contribution is -2.23. The summed E-state index contributed by atoms with van der Waals surface area (Å²) in [4.78, 5) is 24.1. The standard InChI is InChI=1S/C17H18N2O4/c1-18(16(20)21)14-7-3-12(4-8-14)11-13-5-9-15(10-6-13)19(2)17(22)23/h3-10H,11H2,1-2H3,(H,20,21)(H,22,23). The van der Waals surface area contributed by atoms with Crippen molar-refractivity contribution in [1.82, 2.24) is 0 Å². The van der Waals surface area contributed by atoms with Crippen LogP contribution in [0.25, 0.3) is 0 Å². The lowest BCUT2D eigenvalue weighted by atomic mass is 10.0. The molecule has 2 aromatic carbocycles. The van der Waals surface area contributed by atoms with Crippen molar-refractivity contribution >= 4 is 23.6 Å². The van der Waals surface area contributed by atoms with E-state index in [1.807, 2.05) is 24.3 Å². The van der Waals surface area contributed by atoms with Gasteiger partial charge in [0.15, 0.2) is 0 Å². The molecule has 0 spiro atoms. The molecule has 0 saturated carbocycles. The molecule has 2 N–H and O–H groups in total. The SMILES string of the molecule is CN(C(=O)O)c1ccc(Cc2ccc(N(C)C(=O)O)cc2)cc1. The molecule has 6 heteroatoms. The van der Waals surface area contributed by atoms with E-state index in [1.165, 1.54) is 14.1 Å². The van der Waals surface area contributed by atoms with Gasteiger partial charge in [0.2, 0.25) is 0 Å². The largest absolute Gasteiger partial charge is 0.465 e. The predicted octanol–water partition coefficient (Wildman–Crippen LogP) is 3.51. The molecule has 2 rings (SSSR count). The number of amides is 2. The summed E-state index contributed by atoms with van der Waals surface area (Å²) >= 11 is 0. The molecule has 0 radical (unpaired) electrons. The summed E-state index contributed by atoms with van der Waals surface area (Å²) < 4.78 is 0. The molecule has 0 aliphatic carbocycles. The van der Waals surface area contributed by atoms with Crippen molar-refractivity contribution in [3.8, 4) is 0 Å². The van der Waals surface area contributed by atoms with Crippen LogP contribution < -0.4 is 9.80 Å². The van der Waals surface area contributed by atoms with Crippen LogP contribution in [0.1, 0.15) is 11.1 Å². The van der Waals surface area contributed by atoms with Crippen LogP contribution in [0.2, 0.25) is 0 Å². The number of rotatable bonds is 4. The van der Waals surface area contributed by atoms with Gasteiger partial charge in [0, 0.05) is 25.5 Å².